The van der Waals surface area contributed by atoms with Crippen LogP contribution in [0.4, 0.5) is 4.39 Å². The summed E-state index contributed by atoms with van der Waals surface area (Å²) in [5.74, 6) is 0.599. The molecule has 0 aromatic heterocycles. The number of hydrogen-bond donors (Lipinski definition) is 1. The van der Waals surface area contributed by atoms with Crippen molar-refractivity contribution in [3.05, 3.63) is 35.6 Å². The smallest absolute Gasteiger partial charge is 0.241 e. The Morgan fingerprint density at radius 3 is 2.43 bits per heavy atom. The van der Waals surface area contributed by atoms with E-state index < -0.39 is 0 Å². The van der Waals surface area contributed by atoms with Crippen LogP contribution in [0.3, 0.4) is 0 Å². The van der Waals surface area contributed by atoms with E-state index in [0.717, 1.165) is 6.42 Å². The number of hydrogen-bond acceptors (Lipinski definition) is 2. The second kappa shape index (κ2) is 6.56. The van der Waals surface area contributed by atoms with Gasteiger partial charge >= 0.3 is 0 Å². The molecule has 2 atom stereocenters. The van der Waals surface area contributed by atoms with Gasteiger partial charge in [-0.15, -0.1) is 0 Å². The average molecular weight is 292 g/mol. The van der Waals surface area contributed by atoms with Gasteiger partial charge in [0.15, 0.2) is 0 Å². The fourth-order valence-corrected chi connectivity index (χ4v) is 2.86. The van der Waals surface area contributed by atoms with Crippen LogP contribution in [0, 0.1) is 17.7 Å². The Morgan fingerprint density at radius 1 is 1.19 bits per heavy atom. The van der Waals surface area contributed by atoms with Gasteiger partial charge in [-0.2, -0.15) is 0 Å². The van der Waals surface area contributed by atoms with Crippen molar-refractivity contribution in [3.8, 4) is 0 Å². The first-order chi connectivity index (χ1) is 9.90. The van der Waals surface area contributed by atoms with Crippen molar-refractivity contribution in [2.45, 2.75) is 46.3 Å². The molecule has 2 rings (SSSR count). The van der Waals surface area contributed by atoms with Crippen LogP contribution in [0.5, 0.6) is 0 Å². The SMILES string of the molecule is CC(C)CC1NC(c2ccccc2F)N(CC(C)C)C1=O. The predicted molar refractivity (Wildman–Crippen MR) is 82.1 cm³/mol. The van der Waals surface area contributed by atoms with E-state index >= 15 is 0 Å². The minimum Gasteiger partial charge on any atom is -0.321 e. The third kappa shape index (κ3) is 3.62. The summed E-state index contributed by atoms with van der Waals surface area (Å²) >= 11 is 0. The van der Waals surface area contributed by atoms with Gasteiger partial charge in [-0.1, -0.05) is 45.9 Å². The molecular formula is C17H25FN2O. The number of nitrogens with zero attached hydrogens (tertiary/aromatic N) is 1. The van der Waals surface area contributed by atoms with Crippen LogP contribution in [0.2, 0.25) is 0 Å². The lowest BCUT2D eigenvalue weighted by atomic mass is 10.0. The molecule has 1 saturated heterocycles. The number of nitrogens with one attached hydrogen (secondary N) is 1. The lowest BCUT2D eigenvalue weighted by Gasteiger charge is -2.26. The van der Waals surface area contributed by atoms with E-state index in [1.54, 1.807) is 17.0 Å². The van der Waals surface area contributed by atoms with E-state index in [4.69, 9.17) is 0 Å². The number of carbonyl (C=O) groups excluding carboxylic acids is 1. The molecule has 1 amide bonds. The molecule has 1 heterocycles. The Labute approximate surface area is 126 Å². The third-order valence-corrected chi connectivity index (χ3v) is 3.72. The van der Waals surface area contributed by atoms with E-state index in [0.29, 0.717) is 23.9 Å². The average Bonchev–Trinajstić information content (AvgIpc) is 2.67. The standard InChI is InChI=1S/C17H25FN2O/c1-11(2)9-15-17(21)20(10-12(3)4)16(19-15)13-7-5-6-8-14(13)18/h5-8,11-12,15-16,19H,9-10H2,1-4H3. The van der Waals surface area contributed by atoms with E-state index in [2.05, 4.69) is 33.0 Å². The van der Waals surface area contributed by atoms with Gasteiger partial charge < -0.3 is 4.90 Å². The van der Waals surface area contributed by atoms with Gasteiger partial charge in [-0.05, 0) is 24.3 Å². The highest BCUT2D eigenvalue weighted by Crippen LogP contribution is 2.30. The highest BCUT2D eigenvalue weighted by molar-refractivity contribution is 5.84. The fourth-order valence-electron chi connectivity index (χ4n) is 2.86. The van der Waals surface area contributed by atoms with Gasteiger partial charge in [-0.25, -0.2) is 4.39 Å². The topological polar surface area (TPSA) is 32.3 Å². The van der Waals surface area contributed by atoms with E-state index in [1.165, 1.54) is 6.07 Å². The Kier molecular flexibility index (Phi) is 4.99. The molecule has 1 N–H and O–H groups in total. The van der Waals surface area contributed by atoms with Gasteiger partial charge in [0, 0.05) is 12.1 Å². The number of carbonyl (C=O) groups is 1. The maximum atomic E-state index is 14.1. The van der Waals surface area contributed by atoms with Crippen LogP contribution >= 0.6 is 0 Å². The first-order valence-electron chi connectivity index (χ1n) is 7.71. The van der Waals surface area contributed by atoms with Crippen LogP contribution < -0.4 is 5.32 Å². The maximum Gasteiger partial charge on any atom is 0.241 e. The number of rotatable bonds is 5. The van der Waals surface area contributed by atoms with Crippen LogP contribution in [0.25, 0.3) is 0 Å². The summed E-state index contributed by atoms with van der Waals surface area (Å²) in [7, 11) is 0. The molecule has 1 aromatic rings. The Balaban J connectivity index is 2.28. The molecule has 21 heavy (non-hydrogen) atoms. The van der Waals surface area contributed by atoms with Crippen LogP contribution in [-0.2, 0) is 4.79 Å². The summed E-state index contributed by atoms with van der Waals surface area (Å²) < 4.78 is 14.1. The summed E-state index contributed by atoms with van der Waals surface area (Å²) in [4.78, 5) is 14.4. The molecule has 116 valence electrons. The Bertz CT molecular complexity index is 501. The van der Waals surface area contributed by atoms with Crippen molar-refractivity contribution >= 4 is 5.91 Å². The summed E-state index contributed by atoms with van der Waals surface area (Å²) in [6, 6.07) is 6.48. The minimum absolute atomic E-state index is 0.0886. The fraction of sp³-hybridized carbons (Fsp3) is 0.588. The summed E-state index contributed by atoms with van der Waals surface area (Å²) in [5.41, 5.74) is 0.553. The molecule has 0 aliphatic carbocycles. The van der Waals surface area contributed by atoms with E-state index in [-0.39, 0.29) is 23.9 Å². The third-order valence-electron chi connectivity index (χ3n) is 3.72. The van der Waals surface area contributed by atoms with Gasteiger partial charge in [0.25, 0.3) is 0 Å². The van der Waals surface area contributed by atoms with Crippen LogP contribution in [-0.4, -0.2) is 23.4 Å². The summed E-state index contributed by atoms with van der Waals surface area (Å²) in [6.07, 6.45) is 0.420. The zero-order valence-corrected chi connectivity index (χ0v) is 13.3. The van der Waals surface area contributed by atoms with Gasteiger partial charge in [0.1, 0.15) is 12.0 Å². The highest BCUT2D eigenvalue weighted by atomic mass is 19.1. The molecular weight excluding hydrogens is 267 g/mol. The molecule has 1 aromatic carbocycles. The van der Waals surface area contributed by atoms with Crippen molar-refractivity contribution < 1.29 is 9.18 Å². The van der Waals surface area contributed by atoms with Gasteiger partial charge in [-0.3, -0.25) is 10.1 Å². The summed E-state index contributed by atoms with van der Waals surface area (Å²) in [6.45, 7) is 8.97. The predicted octanol–water partition coefficient (Wildman–Crippen LogP) is 3.33. The molecule has 0 radical (unpaired) electrons. The molecule has 0 spiro atoms. The van der Waals surface area contributed by atoms with Crippen molar-refractivity contribution in [2.24, 2.45) is 11.8 Å². The number of benzene rings is 1. The molecule has 1 fully saturated rings. The Morgan fingerprint density at radius 2 is 1.86 bits per heavy atom. The monoisotopic (exact) mass is 292 g/mol. The van der Waals surface area contributed by atoms with Crippen molar-refractivity contribution in [1.29, 1.82) is 0 Å². The molecule has 2 unspecified atom stereocenters. The molecule has 4 heteroatoms. The molecule has 1 aliphatic rings. The van der Waals surface area contributed by atoms with Crippen molar-refractivity contribution in [3.63, 3.8) is 0 Å². The quantitative estimate of drug-likeness (QED) is 0.903. The zero-order chi connectivity index (χ0) is 15.6. The molecule has 0 bridgehead atoms. The number of amides is 1. The van der Waals surface area contributed by atoms with Crippen LogP contribution in [0.1, 0.15) is 45.8 Å². The molecule has 0 saturated carbocycles. The van der Waals surface area contributed by atoms with E-state index in [9.17, 15) is 9.18 Å². The summed E-state index contributed by atoms with van der Waals surface area (Å²) in [5, 5.41) is 3.32. The van der Waals surface area contributed by atoms with Crippen LogP contribution in [0.15, 0.2) is 24.3 Å². The number of halogens is 1. The Hall–Kier alpha value is -1.42. The maximum absolute atomic E-state index is 14.1. The second-order valence-corrected chi connectivity index (χ2v) is 6.66. The normalized spacial score (nSPS) is 22.6. The van der Waals surface area contributed by atoms with Gasteiger partial charge in [0.2, 0.25) is 5.91 Å². The minimum atomic E-state index is -0.357. The van der Waals surface area contributed by atoms with E-state index in [1.807, 2.05) is 6.07 Å². The molecule has 1 aliphatic heterocycles. The first kappa shape index (κ1) is 16.0. The highest BCUT2D eigenvalue weighted by Gasteiger charge is 2.40. The van der Waals surface area contributed by atoms with Gasteiger partial charge in [0.05, 0.1) is 6.04 Å². The second-order valence-electron chi connectivity index (χ2n) is 6.66. The largest absolute Gasteiger partial charge is 0.321 e. The first-order valence-corrected chi connectivity index (χ1v) is 7.71. The van der Waals surface area contributed by atoms with Crippen molar-refractivity contribution in [1.82, 2.24) is 10.2 Å². The lowest BCUT2D eigenvalue weighted by Crippen LogP contribution is -2.34. The molecule has 3 nitrogen and oxygen atoms in total. The van der Waals surface area contributed by atoms with Crippen molar-refractivity contribution in [2.75, 3.05) is 6.54 Å². The lowest BCUT2D eigenvalue weighted by molar-refractivity contribution is -0.130. The zero-order valence-electron chi connectivity index (χ0n) is 13.3.